The molecule has 1 saturated carbocycles. The van der Waals surface area contributed by atoms with Crippen molar-refractivity contribution in [1.29, 1.82) is 0 Å². The van der Waals surface area contributed by atoms with Gasteiger partial charge in [-0.1, -0.05) is 25.4 Å². The van der Waals surface area contributed by atoms with Crippen LogP contribution in [-0.2, 0) is 0 Å². The first-order valence-corrected chi connectivity index (χ1v) is 6.37. The lowest BCUT2D eigenvalue weighted by molar-refractivity contribution is 0.0967. The van der Waals surface area contributed by atoms with E-state index in [1.54, 1.807) is 6.07 Å². The minimum atomic E-state index is 0.157. The topological polar surface area (TPSA) is 61.0 Å². The third kappa shape index (κ3) is 3.46. The minimum absolute atomic E-state index is 0.157. The molecule has 5 heteroatoms. The maximum atomic E-state index is 5.84. The highest BCUT2D eigenvalue weighted by Crippen LogP contribution is 2.31. The molecule has 1 aromatic heterocycles. The SMILES string of the molecule is CC1CC(C)CC(Oc2cc(Cl)nc(N)n2)C1. The molecule has 0 aromatic carbocycles. The molecule has 1 fully saturated rings. The van der Waals surface area contributed by atoms with Crippen LogP contribution in [0.1, 0.15) is 33.1 Å². The fourth-order valence-corrected chi connectivity index (χ4v) is 2.79. The normalized spacial score (nSPS) is 29.0. The van der Waals surface area contributed by atoms with Crippen LogP contribution in [0.2, 0.25) is 5.15 Å². The Morgan fingerprint density at radius 1 is 1.24 bits per heavy atom. The summed E-state index contributed by atoms with van der Waals surface area (Å²) < 4.78 is 5.84. The zero-order valence-corrected chi connectivity index (χ0v) is 10.9. The molecule has 2 unspecified atom stereocenters. The van der Waals surface area contributed by atoms with E-state index in [1.165, 1.54) is 6.42 Å². The Labute approximate surface area is 107 Å². The van der Waals surface area contributed by atoms with Crippen molar-refractivity contribution < 1.29 is 4.74 Å². The van der Waals surface area contributed by atoms with E-state index in [4.69, 9.17) is 22.1 Å². The van der Waals surface area contributed by atoms with Gasteiger partial charge in [0.25, 0.3) is 0 Å². The van der Waals surface area contributed by atoms with Crippen LogP contribution in [0.5, 0.6) is 5.88 Å². The van der Waals surface area contributed by atoms with Crippen molar-refractivity contribution in [2.45, 2.75) is 39.2 Å². The van der Waals surface area contributed by atoms with Crippen LogP contribution in [0, 0.1) is 11.8 Å². The minimum Gasteiger partial charge on any atom is -0.474 e. The summed E-state index contributed by atoms with van der Waals surface area (Å²) in [6.07, 6.45) is 3.60. The molecule has 4 nitrogen and oxygen atoms in total. The lowest BCUT2D eigenvalue weighted by atomic mass is 9.82. The van der Waals surface area contributed by atoms with Crippen molar-refractivity contribution in [3.8, 4) is 5.88 Å². The summed E-state index contributed by atoms with van der Waals surface area (Å²) in [7, 11) is 0. The summed E-state index contributed by atoms with van der Waals surface area (Å²) in [4.78, 5) is 7.85. The van der Waals surface area contributed by atoms with Crippen molar-refractivity contribution in [3.05, 3.63) is 11.2 Å². The fourth-order valence-electron chi connectivity index (χ4n) is 2.61. The van der Waals surface area contributed by atoms with Crippen molar-refractivity contribution in [3.63, 3.8) is 0 Å². The predicted octanol–water partition coefficient (Wildman–Crippen LogP) is 2.92. The number of hydrogen-bond donors (Lipinski definition) is 1. The Morgan fingerprint density at radius 2 is 1.88 bits per heavy atom. The third-order valence-electron chi connectivity index (χ3n) is 3.11. The number of nitrogen functional groups attached to an aromatic ring is 1. The van der Waals surface area contributed by atoms with Gasteiger partial charge in [-0.3, -0.25) is 0 Å². The highest BCUT2D eigenvalue weighted by atomic mass is 35.5. The maximum Gasteiger partial charge on any atom is 0.224 e. The van der Waals surface area contributed by atoms with Crippen LogP contribution in [0.4, 0.5) is 5.95 Å². The number of nitrogens with zero attached hydrogens (tertiary/aromatic N) is 2. The number of nitrogens with two attached hydrogens (primary N) is 1. The molecule has 94 valence electrons. The van der Waals surface area contributed by atoms with E-state index in [0.29, 0.717) is 22.9 Å². The number of halogens is 1. The Balaban J connectivity index is 2.04. The molecule has 1 aliphatic rings. The zero-order valence-electron chi connectivity index (χ0n) is 10.2. The molecule has 0 spiro atoms. The van der Waals surface area contributed by atoms with Crippen LogP contribution in [0.15, 0.2) is 6.07 Å². The Morgan fingerprint density at radius 3 is 2.47 bits per heavy atom. The van der Waals surface area contributed by atoms with Gasteiger partial charge >= 0.3 is 0 Å². The van der Waals surface area contributed by atoms with E-state index < -0.39 is 0 Å². The summed E-state index contributed by atoms with van der Waals surface area (Å²) in [6.45, 7) is 4.51. The zero-order chi connectivity index (χ0) is 12.4. The number of rotatable bonds is 2. The van der Waals surface area contributed by atoms with E-state index >= 15 is 0 Å². The molecule has 2 N–H and O–H groups in total. The molecule has 1 heterocycles. The number of anilines is 1. The van der Waals surface area contributed by atoms with Gasteiger partial charge in [-0.2, -0.15) is 4.98 Å². The van der Waals surface area contributed by atoms with Gasteiger partial charge < -0.3 is 10.5 Å². The molecule has 0 amide bonds. The van der Waals surface area contributed by atoms with Crippen LogP contribution < -0.4 is 10.5 Å². The highest BCUT2D eigenvalue weighted by molar-refractivity contribution is 6.29. The molecule has 0 saturated heterocycles. The lowest BCUT2D eigenvalue weighted by Crippen LogP contribution is -2.28. The maximum absolute atomic E-state index is 5.84. The molecule has 0 radical (unpaired) electrons. The quantitative estimate of drug-likeness (QED) is 0.826. The second kappa shape index (κ2) is 5.08. The molecular weight excluding hydrogens is 238 g/mol. The second-order valence-electron chi connectivity index (χ2n) is 5.04. The average molecular weight is 256 g/mol. The molecule has 17 heavy (non-hydrogen) atoms. The summed E-state index contributed by atoms with van der Waals surface area (Å²) in [5.74, 6) is 2.02. The molecule has 0 aliphatic heterocycles. The summed E-state index contributed by atoms with van der Waals surface area (Å²) in [6, 6.07) is 1.61. The second-order valence-corrected chi connectivity index (χ2v) is 5.43. The molecule has 1 aliphatic carbocycles. The number of ether oxygens (including phenoxy) is 1. The molecule has 2 rings (SSSR count). The summed E-state index contributed by atoms with van der Waals surface area (Å²) >= 11 is 5.81. The number of hydrogen-bond acceptors (Lipinski definition) is 4. The van der Waals surface area contributed by atoms with Crippen molar-refractivity contribution >= 4 is 17.5 Å². The Hall–Kier alpha value is -1.03. The van der Waals surface area contributed by atoms with Gasteiger partial charge in [-0.05, 0) is 31.1 Å². The monoisotopic (exact) mass is 255 g/mol. The smallest absolute Gasteiger partial charge is 0.224 e. The third-order valence-corrected chi connectivity index (χ3v) is 3.30. The Kier molecular flexibility index (Phi) is 3.72. The molecule has 1 aromatic rings. The molecular formula is C12H18ClN3O. The summed E-state index contributed by atoms with van der Waals surface area (Å²) in [5, 5.41) is 0.324. The van der Waals surface area contributed by atoms with Crippen molar-refractivity contribution in [2.24, 2.45) is 11.8 Å². The van der Waals surface area contributed by atoms with Gasteiger partial charge in [0.05, 0.1) is 0 Å². The highest BCUT2D eigenvalue weighted by Gasteiger charge is 2.25. The first kappa shape index (κ1) is 12.4. The molecule has 0 bridgehead atoms. The van der Waals surface area contributed by atoms with Gasteiger partial charge in [0.1, 0.15) is 11.3 Å². The van der Waals surface area contributed by atoms with E-state index in [0.717, 1.165) is 12.8 Å². The van der Waals surface area contributed by atoms with Gasteiger partial charge in [0.15, 0.2) is 0 Å². The van der Waals surface area contributed by atoms with Gasteiger partial charge in [-0.15, -0.1) is 0 Å². The van der Waals surface area contributed by atoms with E-state index in [-0.39, 0.29) is 12.1 Å². The van der Waals surface area contributed by atoms with Crippen molar-refractivity contribution in [2.75, 3.05) is 5.73 Å². The standard InChI is InChI=1S/C12H18ClN3O/c1-7-3-8(2)5-9(4-7)17-11-6-10(13)15-12(14)16-11/h6-9H,3-5H2,1-2H3,(H2,14,15,16). The first-order chi connectivity index (χ1) is 8.02. The number of aromatic nitrogens is 2. The summed E-state index contributed by atoms with van der Waals surface area (Å²) in [5.41, 5.74) is 5.53. The van der Waals surface area contributed by atoms with E-state index in [2.05, 4.69) is 23.8 Å². The Bertz CT molecular complexity index is 369. The van der Waals surface area contributed by atoms with E-state index in [1.807, 2.05) is 0 Å². The predicted molar refractivity (Wildman–Crippen MR) is 68.0 cm³/mol. The lowest BCUT2D eigenvalue weighted by Gasteiger charge is -2.31. The average Bonchev–Trinajstić information content (AvgIpc) is 2.13. The van der Waals surface area contributed by atoms with E-state index in [9.17, 15) is 0 Å². The van der Waals surface area contributed by atoms with Crippen LogP contribution in [0.3, 0.4) is 0 Å². The first-order valence-electron chi connectivity index (χ1n) is 5.99. The van der Waals surface area contributed by atoms with Crippen LogP contribution in [-0.4, -0.2) is 16.1 Å². The van der Waals surface area contributed by atoms with Gasteiger partial charge in [0, 0.05) is 6.07 Å². The van der Waals surface area contributed by atoms with Crippen LogP contribution >= 0.6 is 11.6 Å². The van der Waals surface area contributed by atoms with Crippen LogP contribution in [0.25, 0.3) is 0 Å². The van der Waals surface area contributed by atoms with Gasteiger partial charge in [0.2, 0.25) is 11.8 Å². The van der Waals surface area contributed by atoms with Gasteiger partial charge in [-0.25, -0.2) is 4.98 Å². The molecule has 2 atom stereocenters. The largest absolute Gasteiger partial charge is 0.474 e. The fraction of sp³-hybridized carbons (Fsp3) is 0.667. The van der Waals surface area contributed by atoms with Crippen molar-refractivity contribution in [1.82, 2.24) is 9.97 Å².